The highest BCUT2D eigenvalue weighted by molar-refractivity contribution is 6.00. The van der Waals surface area contributed by atoms with E-state index in [9.17, 15) is 0 Å². The molecule has 1 rings (SSSR count). The van der Waals surface area contributed by atoms with Gasteiger partial charge in [0.25, 0.3) is 0 Å². The van der Waals surface area contributed by atoms with Crippen molar-refractivity contribution in [2.45, 2.75) is 0 Å². The van der Waals surface area contributed by atoms with Crippen molar-refractivity contribution in [1.82, 2.24) is 10.3 Å². The number of oxime groups is 1. The zero-order valence-electron chi connectivity index (χ0n) is 5.62. The van der Waals surface area contributed by atoms with Crippen molar-refractivity contribution in [3.05, 3.63) is 16.1 Å². The molecule has 0 radical (unpaired) electrons. The van der Waals surface area contributed by atoms with Gasteiger partial charge in [-0.1, -0.05) is 5.16 Å². The van der Waals surface area contributed by atoms with Gasteiger partial charge in [0.1, 0.15) is 0 Å². The largest absolute Gasteiger partial charge is 0.410 e. The molecule has 1 aromatic rings. The highest BCUT2D eigenvalue weighted by Gasteiger charge is 2.12. The fourth-order valence-electron chi connectivity index (χ4n) is 0.508. The van der Waals surface area contributed by atoms with Crippen LogP contribution in [0.2, 0.25) is 0 Å². The molecule has 0 spiro atoms. The van der Waals surface area contributed by atoms with Gasteiger partial charge in [0.05, 0.1) is 0 Å². The lowest BCUT2D eigenvalue weighted by Crippen LogP contribution is -2.01. The van der Waals surface area contributed by atoms with Crippen LogP contribution in [0.5, 0.6) is 0 Å². The Morgan fingerprint density at radius 2 is 2.42 bits per heavy atom. The van der Waals surface area contributed by atoms with Crippen molar-refractivity contribution in [1.29, 1.82) is 0 Å². The van der Waals surface area contributed by atoms with Crippen LogP contribution in [0, 0.1) is 0 Å². The molecule has 3 N–H and O–H groups in total. The standard InChI is InChI=1S/C3H3N7O2/c4-2-1(8-12-9-2)3(7-11)6-10-5/h11H,(H2,4,9). The monoisotopic (exact) mass is 169 g/mol. The second-order valence-electron chi connectivity index (χ2n) is 1.61. The Morgan fingerprint density at radius 1 is 1.67 bits per heavy atom. The topological polar surface area (TPSA) is 146 Å². The SMILES string of the molecule is [N-]=[N+]=NC(=NO)c1nonc1N. The predicted octanol–water partition coefficient (Wildman–Crippen LogP) is 0.0979. The first-order valence-electron chi connectivity index (χ1n) is 2.65. The van der Waals surface area contributed by atoms with Gasteiger partial charge in [0.2, 0.25) is 0 Å². The minimum atomic E-state index is -0.392. The summed E-state index contributed by atoms with van der Waals surface area (Å²) in [4.78, 5) is 2.37. The van der Waals surface area contributed by atoms with E-state index in [0.29, 0.717) is 0 Å². The number of nitrogen functional groups attached to an aromatic ring is 1. The summed E-state index contributed by atoms with van der Waals surface area (Å²) in [5, 5.41) is 20.4. The Morgan fingerprint density at radius 3 is 2.83 bits per heavy atom. The molecule has 62 valence electrons. The lowest BCUT2D eigenvalue weighted by Gasteiger charge is -1.87. The molecule has 0 aliphatic rings. The van der Waals surface area contributed by atoms with E-state index in [0.717, 1.165) is 0 Å². The Hall–Kier alpha value is -2.28. The summed E-state index contributed by atoms with van der Waals surface area (Å²) in [6.07, 6.45) is 0. The molecule has 9 heteroatoms. The van der Waals surface area contributed by atoms with Gasteiger partial charge in [-0.15, -0.1) is 0 Å². The van der Waals surface area contributed by atoms with Gasteiger partial charge in [0.15, 0.2) is 17.3 Å². The van der Waals surface area contributed by atoms with E-state index in [1.165, 1.54) is 0 Å². The van der Waals surface area contributed by atoms with Gasteiger partial charge >= 0.3 is 0 Å². The summed E-state index contributed by atoms with van der Waals surface area (Å²) >= 11 is 0. The Balaban J connectivity index is 3.12. The third kappa shape index (κ3) is 1.25. The van der Waals surface area contributed by atoms with Crippen LogP contribution in [0.4, 0.5) is 5.82 Å². The third-order valence-corrected chi connectivity index (χ3v) is 0.960. The summed E-state index contributed by atoms with van der Waals surface area (Å²) in [5.74, 6) is -0.508. The maximum Gasteiger partial charge on any atom is 0.198 e. The van der Waals surface area contributed by atoms with Gasteiger partial charge in [0, 0.05) is 4.91 Å². The lowest BCUT2D eigenvalue weighted by atomic mass is 10.4. The minimum Gasteiger partial charge on any atom is -0.410 e. The summed E-state index contributed by atoms with van der Waals surface area (Å²) in [7, 11) is 0. The zero-order chi connectivity index (χ0) is 8.97. The quantitative estimate of drug-likeness (QED) is 0.116. The van der Waals surface area contributed by atoms with E-state index in [-0.39, 0.29) is 11.5 Å². The molecular formula is C3H3N7O2. The first kappa shape index (κ1) is 7.82. The minimum absolute atomic E-state index is 0.102. The van der Waals surface area contributed by atoms with E-state index >= 15 is 0 Å². The number of anilines is 1. The molecule has 0 aromatic carbocycles. The van der Waals surface area contributed by atoms with Crippen molar-refractivity contribution in [3.8, 4) is 0 Å². The van der Waals surface area contributed by atoms with Crippen LogP contribution in [0.3, 0.4) is 0 Å². The van der Waals surface area contributed by atoms with Gasteiger partial charge in [-0.2, -0.15) is 0 Å². The second kappa shape index (κ2) is 3.21. The number of nitrogens with two attached hydrogens (primary N) is 1. The average molecular weight is 169 g/mol. The van der Waals surface area contributed by atoms with Crippen LogP contribution in [-0.2, 0) is 0 Å². The molecule has 0 saturated heterocycles. The van der Waals surface area contributed by atoms with E-state index in [1.54, 1.807) is 0 Å². The van der Waals surface area contributed by atoms with Crippen LogP contribution in [0.25, 0.3) is 10.4 Å². The smallest absolute Gasteiger partial charge is 0.198 e. The van der Waals surface area contributed by atoms with Gasteiger partial charge in [-0.25, -0.2) is 4.63 Å². The van der Waals surface area contributed by atoms with E-state index < -0.39 is 5.84 Å². The fraction of sp³-hybridized carbons (Fsp3) is 0. The molecule has 0 saturated carbocycles. The number of azide groups is 1. The number of rotatable bonds is 1. The van der Waals surface area contributed by atoms with Crippen molar-refractivity contribution >= 4 is 11.7 Å². The van der Waals surface area contributed by atoms with Gasteiger partial charge in [-0.3, -0.25) is 0 Å². The number of amidine groups is 1. The van der Waals surface area contributed by atoms with Crippen molar-refractivity contribution in [2.24, 2.45) is 10.3 Å². The summed E-state index contributed by atoms with van der Waals surface area (Å²) in [6.45, 7) is 0. The molecule has 0 aliphatic heterocycles. The second-order valence-corrected chi connectivity index (χ2v) is 1.61. The number of nitrogens with zero attached hydrogens (tertiary/aromatic N) is 6. The number of hydrogen-bond donors (Lipinski definition) is 2. The average Bonchev–Trinajstić information content (AvgIpc) is 2.47. The van der Waals surface area contributed by atoms with E-state index in [2.05, 4.69) is 30.1 Å². The summed E-state index contributed by atoms with van der Waals surface area (Å²) < 4.78 is 4.17. The Kier molecular flexibility index (Phi) is 2.09. The molecule has 0 bridgehead atoms. The maximum atomic E-state index is 8.31. The number of aromatic nitrogens is 2. The number of hydrogen-bond acceptors (Lipinski definition) is 6. The van der Waals surface area contributed by atoms with Crippen LogP contribution in [0.1, 0.15) is 5.69 Å². The van der Waals surface area contributed by atoms with Gasteiger partial charge in [-0.05, 0) is 21.0 Å². The van der Waals surface area contributed by atoms with Crippen molar-refractivity contribution in [2.75, 3.05) is 5.73 Å². The molecular weight excluding hydrogens is 166 g/mol. The van der Waals surface area contributed by atoms with Crippen LogP contribution in [0.15, 0.2) is 14.9 Å². The third-order valence-electron chi connectivity index (χ3n) is 0.960. The predicted molar refractivity (Wildman–Crippen MR) is 36.2 cm³/mol. The maximum absolute atomic E-state index is 8.31. The molecule has 0 fully saturated rings. The summed E-state index contributed by atoms with van der Waals surface area (Å²) in [5.41, 5.74) is 13.1. The van der Waals surface area contributed by atoms with Crippen LogP contribution in [-0.4, -0.2) is 21.4 Å². The first-order valence-corrected chi connectivity index (χ1v) is 2.65. The Bertz CT molecular complexity index is 347. The first-order chi connectivity index (χ1) is 5.79. The summed E-state index contributed by atoms with van der Waals surface area (Å²) in [6, 6.07) is 0. The molecule has 0 atom stereocenters. The molecule has 0 aliphatic carbocycles. The van der Waals surface area contributed by atoms with Crippen molar-refractivity contribution < 1.29 is 9.84 Å². The zero-order valence-corrected chi connectivity index (χ0v) is 5.62. The highest BCUT2D eigenvalue weighted by Crippen LogP contribution is 2.06. The van der Waals surface area contributed by atoms with E-state index in [1.807, 2.05) is 0 Å². The van der Waals surface area contributed by atoms with Crippen LogP contribution < -0.4 is 5.73 Å². The molecule has 1 heterocycles. The molecule has 1 aromatic heterocycles. The van der Waals surface area contributed by atoms with Crippen molar-refractivity contribution in [3.63, 3.8) is 0 Å². The lowest BCUT2D eigenvalue weighted by molar-refractivity contribution is 0.305. The molecule has 0 unspecified atom stereocenters. The van der Waals surface area contributed by atoms with E-state index in [4.69, 9.17) is 16.5 Å². The Labute approximate surface area is 65.0 Å². The molecule has 12 heavy (non-hydrogen) atoms. The highest BCUT2D eigenvalue weighted by atomic mass is 16.6. The molecule has 9 nitrogen and oxygen atoms in total. The van der Waals surface area contributed by atoms with Gasteiger partial charge < -0.3 is 10.9 Å². The molecule has 0 amide bonds. The fourth-order valence-corrected chi connectivity index (χ4v) is 0.508. The normalized spacial score (nSPS) is 10.8. The van der Waals surface area contributed by atoms with Crippen LogP contribution >= 0.6 is 0 Å².